The quantitative estimate of drug-likeness (QED) is 0.740. The first kappa shape index (κ1) is 14.0. The number of nitriles is 1. The number of carbonyl (C=O) groups excluding carboxylic acids is 1. The third-order valence-corrected chi connectivity index (χ3v) is 3.89. The lowest BCUT2D eigenvalue weighted by molar-refractivity contribution is -0.135. The van der Waals surface area contributed by atoms with Gasteiger partial charge in [0.2, 0.25) is 5.91 Å². The van der Waals surface area contributed by atoms with Crippen molar-refractivity contribution >= 4 is 5.91 Å². The number of likely N-dealkylation sites (tertiary alicyclic amines) is 1. The first-order chi connectivity index (χ1) is 7.90. The second kappa shape index (κ2) is 5.53. The van der Waals surface area contributed by atoms with E-state index in [0.717, 1.165) is 25.9 Å². The Morgan fingerprint density at radius 3 is 2.29 bits per heavy atom. The molecule has 96 valence electrons. The van der Waals surface area contributed by atoms with Gasteiger partial charge in [0.1, 0.15) is 5.92 Å². The molecule has 0 radical (unpaired) electrons. The van der Waals surface area contributed by atoms with Gasteiger partial charge in [0.25, 0.3) is 0 Å². The fraction of sp³-hybridized carbons (Fsp3) is 0.857. The lowest BCUT2D eigenvalue weighted by Gasteiger charge is -2.39. The zero-order valence-electron chi connectivity index (χ0n) is 11.5. The second-order valence-corrected chi connectivity index (χ2v) is 6.06. The fourth-order valence-electron chi connectivity index (χ4n) is 2.51. The van der Waals surface area contributed by atoms with Gasteiger partial charge in [0, 0.05) is 13.1 Å². The number of piperidine rings is 1. The van der Waals surface area contributed by atoms with Crippen LogP contribution in [0.4, 0.5) is 0 Å². The number of rotatable bonds is 2. The molecule has 1 fully saturated rings. The van der Waals surface area contributed by atoms with E-state index in [1.54, 1.807) is 0 Å². The molecule has 3 heteroatoms. The van der Waals surface area contributed by atoms with Crippen LogP contribution in [0.25, 0.3) is 0 Å². The molecule has 0 aromatic carbocycles. The van der Waals surface area contributed by atoms with E-state index in [1.165, 1.54) is 0 Å². The van der Waals surface area contributed by atoms with Crippen LogP contribution in [0.1, 0.15) is 47.0 Å². The van der Waals surface area contributed by atoms with Crippen molar-refractivity contribution in [3.05, 3.63) is 0 Å². The average Bonchev–Trinajstić information content (AvgIpc) is 2.29. The SMILES string of the molecule is CCC(C#N)C(=O)N1CCC(C(C)(C)C)CC1. The molecule has 17 heavy (non-hydrogen) atoms. The molecule has 0 bridgehead atoms. The third kappa shape index (κ3) is 3.46. The molecule has 1 saturated heterocycles. The highest BCUT2D eigenvalue weighted by Gasteiger charge is 2.32. The van der Waals surface area contributed by atoms with Crippen molar-refractivity contribution in [3.8, 4) is 6.07 Å². The minimum Gasteiger partial charge on any atom is -0.342 e. The van der Waals surface area contributed by atoms with Crippen LogP contribution in [0, 0.1) is 28.6 Å². The van der Waals surface area contributed by atoms with Gasteiger partial charge in [-0.3, -0.25) is 4.79 Å². The number of carbonyl (C=O) groups is 1. The van der Waals surface area contributed by atoms with Gasteiger partial charge in [-0.15, -0.1) is 0 Å². The van der Waals surface area contributed by atoms with E-state index < -0.39 is 5.92 Å². The highest BCUT2D eigenvalue weighted by Crippen LogP contribution is 2.34. The van der Waals surface area contributed by atoms with E-state index in [-0.39, 0.29) is 5.91 Å². The molecule has 3 nitrogen and oxygen atoms in total. The van der Waals surface area contributed by atoms with Gasteiger partial charge in [-0.05, 0) is 30.6 Å². The molecule has 0 aromatic rings. The summed E-state index contributed by atoms with van der Waals surface area (Å²) >= 11 is 0. The van der Waals surface area contributed by atoms with E-state index in [9.17, 15) is 4.79 Å². The maximum Gasteiger partial charge on any atom is 0.239 e. The Kier molecular flexibility index (Phi) is 4.56. The first-order valence-corrected chi connectivity index (χ1v) is 6.58. The Morgan fingerprint density at radius 2 is 1.94 bits per heavy atom. The number of nitrogens with zero attached hydrogens (tertiary/aromatic N) is 2. The zero-order valence-corrected chi connectivity index (χ0v) is 11.5. The van der Waals surface area contributed by atoms with Crippen LogP contribution < -0.4 is 0 Å². The van der Waals surface area contributed by atoms with Crippen molar-refractivity contribution < 1.29 is 4.79 Å². The molecule has 1 aliphatic rings. The van der Waals surface area contributed by atoms with E-state index in [2.05, 4.69) is 26.8 Å². The smallest absolute Gasteiger partial charge is 0.239 e. The summed E-state index contributed by atoms with van der Waals surface area (Å²) in [7, 11) is 0. The van der Waals surface area contributed by atoms with Gasteiger partial charge in [-0.1, -0.05) is 27.7 Å². The predicted octanol–water partition coefficient (Wildman–Crippen LogP) is 2.82. The molecule has 0 spiro atoms. The van der Waals surface area contributed by atoms with Crippen molar-refractivity contribution in [2.24, 2.45) is 17.3 Å². The molecular formula is C14H24N2O. The van der Waals surface area contributed by atoms with E-state index >= 15 is 0 Å². The van der Waals surface area contributed by atoms with Crippen LogP contribution in [0.5, 0.6) is 0 Å². The van der Waals surface area contributed by atoms with Crippen LogP contribution >= 0.6 is 0 Å². The predicted molar refractivity (Wildman–Crippen MR) is 68.2 cm³/mol. The number of amides is 1. The molecule has 1 atom stereocenters. The van der Waals surface area contributed by atoms with Gasteiger partial charge in [-0.2, -0.15) is 5.26 Å². The Morgan fingerprint density at radius 1 is 1.41 bits per heavy atom. The monoisotopic (exact) mass is 236 g/mol. The highest BCUT2D eigenvalue weighted by atomic mass is 16.2. The lowest BCUT2D eigenvalue weighted by Crippen LogP contribution is -2.43. The summed E-state index contributed by atoms with van der Waals surface area (Å²) in [4.78, 5) is 13.9. The number of hydrogen-bond donors (Lipinski definition) is 0. The van der Waals surface area contributed by atoms with Crippen LogP contribution in [-0.2, 0) is 4.79 Å². The van der Waals surface area contributed by atoms with E-state index in [0.29, 0.717) is 17.8 Å². The molecule has 1 rings (SSSR count). The van der Waals surface area contributed by atoms with E-state index in [1.807, 2.05) is 11.8 Å². The Hall–Kier alpha value is -1.04. The van der Waals surface area contributed by atoms with Crippen LogP contribution in [0.15, 0.2) is 0 Å². The van der Waals surface area contributed by atoms with Crippen molar-refractivity contribution in [1.29, 1.82) is 5.26 Å². The maximum atomic E-state index is 12.0. The van der Waals surface area contributed by atoms with Gasteiger partial charge >= 0.3 is 0 Å². The summed E-state index contributed by atoms with van der Waals surface area (Å²) < 4.78 is 0. The van der Waals surface area contributed by atoms with Gasteiger partial charge in [0.05, 0.1) is 6.07 Å². The molecule has 1 unspecified atom stereocenters. The highest BCUT2D eigenvalue weighted by molar-refractivity contribution is 5.81. The average molecular weight is 236 g/mol. The molecule has 0 aromatic heterocycles. The molecule has 1 heterocycles. The minimum absolute atomic E-state index is 0.0300. The van der Waals surface area contributed by atoms with Crippen LogP contribution in [0.2, 0.25) is 0 Å². The second-order valence-electron chi connectivity index (χ2n) is 6.06. The van der Waals surface area contributed by atoms with E-state index in [4.69, 9.17) is 5.26 Å². The van der Waals surface area contributed by atoms with Crippen LogP contribution in [0.3, 0.4) is 0 Å². The largest absolute Gasteiger partial charge is 0.342 e. The summed E-state index contributed by atoms with van der Waals surface area (Å²) in [6.07, 6.45) is 2.75. The Bertz CT molecular complexity index is 303. The summed E-state index contributed by atoms with van der Waals surface area (Å²) in [6.45, 7) is 10.3. The Balaban J connectivity index is 2.53. The van der Waals surface area contributed by atoms with Crippen molar-refractivity contribution in [1.82, 2.24) is 4.90 Å². The van der Waals surface area contributed by atoms with Crippen LogP contribution in [-0.4, -0.2) is 23.9 Å². The molecule has 1 amide bonds. The zero-order chi connectivity index (χ0) is 13.1. The molecular weight excluding hydrogens is 212 g/mol. The fourth-order valence-corrected chi connectivity index (χ4v) is 2.51. The van der Waals surface area contributed by atoms with Gasteiger partial charge < -0.3 is 4.90 Å². The maximum absolute atomic E-state index is 12.0. The van der Waals surface area contributed by atoms with Crippen molar-refractivity contribution in [2.45, 2.75) is 47.0 Å². The molecule has 1 aliphatic heterocycles. The van der Waals surface area contributed by atoms with Crippen molar-refractivity contribution in [3.63, 3.8) is 0 Å². The Labute approximate surface area is 105 Å². The normalized spacial score (nSPS) is 19.8. The van der Waals surface area contributed by atoms with Gasteiger partial charge in [0.15, 0.2) is 0 Å². The third-order valence-electron chi connectivity index (χ3n) is 3.89. The molecule has 0 saturated carbocycles. The molecule has 0 N–H and O–H groups in total. The van der Waals surface area contributed by atoms with Crippen molar-refractivity contribution in [2.75, 3.05) is 13.1 Å². The minimum atomic E-state index is -0.443. The summed E-state index contributed by atoms with van der Waals surface area (Å²) in [5, 5.41) is 8.91. The summed E-state index contributed by atoms with van der Waals surface area (Å²) in [6, 6.07) is 2.10. The summed E-state index contributed by atoms with van der Waals surface area (Å²) in [5.41, 5.74) is 0.328. The summed E-state index contributed by atoms with van der Waals surface area (Å²) in [5.74, 6) is 0.275. The topological polar surface area (TPSA) is 44.1 Å². The number of hydrogen-bond acceptors (Lipinski definition) is 2. The lowest BCUT2D eigenvalue weighted by atomic mass is 9.75. The first-order valence-electron chi connectivity index (χ1n) is 6.58. The standard InChI is InChI=1S/C14H24N2O/c1-5-11(10-15)13(17)16-8-6-12(7-9-16)14(2,3)4/h11-12H,5-9H2,1-4H3. The molecule has 0 aliphatic carbocycles. The van der Waals surface area contributed by atoms with Gasteiger partial charge in [-0.25, -0.2) is 0 Å².